The minimum absolute atomic E-state index is 0.180. The first-order chi connectivity index (χ1) is 8.78. The lowest BCUT2D eigenvalue weighted by atomic mass is 10.1. The third-order valence-corrected chi connectivity index (χ3v) is 3.74. The van der Waals surface area contributed by atoms with Gasteiger partial charge in [0.2, 0.25) is 0 Å². The predicted molar refractivity (Wildman–Crippen MR) is 85.6 cm³/mol. The van der Waals surface area contributed by atoms with Crippen LogP contribution in [0.5, 0.6) is 0 Å². The zero-order valence-corrected chi connectivity index (χ0v) is 13.8. The number of hydrogen-bond donors (Lipinski definition) is 1. The highest BCUT2D eigenvalue weighted by molar-refractivity contribution is 5.02. The van der Waals surface area contributed by atoms with Gasteiger partial charge in [0.25, 0.3) is 0 Å². The lowest BCUT2D eigenvalue weighted by Gasteiger charge is -2.32. The Morgan fingerprint density at radius 1 is 1.26 bits per heavy atom. The lowest BCUT2D eigenvalue weighted by molar-refractivity contribution is 0.191. The van der Waals surface area contributed by atoms with Gasteiger partial charge in [-0.2, -0.15) is 0 Å². The molecule has 0 amide bonds. The standard InChI is InChI=1S/C17H34N2/c1-14(2)12-19(16-9-7-8-10-16)13-15(3)11-18-17(4,5)6/h14,16,18H,3,7-13H2,1-2,4-6H3. The van der Waals surface area contributed by atoms with Gasteiger partial charge in [0, 0.05) is 31.2 Å². The summed E-state index contributed by atoms with van der Waals surface area (Å²) in [4.78, 5) is 2.67. The van der Waals surface area contributed by atoms with Crippen LogP contribution in [0.25, 0.3) is 0 Å². The molecule has 1 saturated carbocycles. The first-order valence-corrected chi connectivity index (χ1v) is 7.93. The molecule has 0 spiro atoms. The van der Waals surface area contributed by atoms with E-state index >= 15 is 0 Å². The molecule has 2 nitrogen and oxygen atoms in total. The van der Waals surface area contributed by atoms with Crippen molar-refractivity contribution in [3.05, 3.63) is 12.2 Å². The Hall–Kier alpha value is -0.340. The van der Waals surface area contributed by atoms with Gasteiger partial charge in [0.05, 0.1) is 0 Å². The molecule has 1 N–H and O–H groups in total. The van der Waals surface area contributed by atoms with E-state index in [4.69, 9.17) is 0 Å². The highest BCUT2D eigenvalue weighted by Crippen LogP contribution is 2.24. The Balaban J connectivity index is 2.44. The molecule has 0 aromatic rings. The second-order valence-electron chi connectivity index (χ2n) is 7.62. The third-order valence-electron chi connectivity index (χ3n) is 3.74. The Bertz CT molecular complexity index is 269. The molecule has 1 fully saturated rings. The average Bonchev–Trinajstić information content (AvgIpc) is 2.77. The molecule has 19 heavy (non-hydrogen) atoms. The molecular weight excluding hydrogens is 232 g/mol. The van der Waals surface area contributed by atoms with Crippen LogP contribution in [0.15, 0.2) is 12.2 Å². The summed E-state index contributed by atoms with van der Waals surface area (Å²) >= 11 is 0. The van der Waals surface area contributed by atoms with Gasteiger partial charge in [0.15, 0.2) is 0 Å². The highest BCUT2D eigenvalue weighted by Gasteiger charge is 2.23. The second kappa shape index (κ2) is 7.44. The van der Waals surface area contributed by atoms with Gasteiger partial charge >= 0.3 is 0 Å². The van der Waals surface area contributed by atoms with E-state index in [1.54, 1.807) is 0 Å². The fourth-order valence-corrected chi connectivity index (χ4v) is 2.81. The Labute approximate surface area is 120 Å². The van der Waals surface area contributed by atoms with Crippen LogP contribution in [0, 0.1) is 5.92 Å². The van der Waals surface area contributed by atoms with Crippen molar-refractivity contribution in [3.63, 3.8) is 0 Å². The molecule has 0 unspecified atom stereocenters. The molecule has 112 valence electrons. The fourth-order valence-electron chi connectivity index (χ4n) is 2.81. The van der Waals surface area contributed by atoms with Crippen LogP contribution >= 0.6 is 0 Å². The van der Waals surface area contributed by atoms with E-state index in [2.05, 4.69) is 51.4 Å². The van der Waals surface area contributed by atoms with Crippen LogP contribution in [0.2, 0.25) is 0 Å². The molecule has 0 atom stereocenters. The van der Waals surface area contributed by atoms with Crippen molar-refractivity contribution in [2.75, 3.05) is 19.6 Å². The molecule has 0 aromatic heterocycles. The minimum Gasteiger partial charge on any atom is -0.308 e. The Morgan fingerprint density at radius 3 is 2.32 bits per heavy atom. The van der Waals surface area contributed by atoms with Crippen LogP contribution in [-0.4, -0.2) is 36.1 Å². The van der Waals surface area contributed by atoms with Crippen LogP contribution < -0.4 is 5.32 Å². The van der Waals surface area contributed by atoms with Crippen LogP contribution in [0.1, 0.15) is 60.3 Å². The highest BCUT2D eigenvalue weighted by atomic mass is 15.2. The zero-order chi connectivity index (χ0) is 14.5. The summed E-state index contributed by atoms with van der Waals surface area (Å²) in [5.74, 6) is 0.740. The van der Waals surface area contributed by atoms with E-state index in [1.165, 1.54) is 37.8 Å². The quantitative estimate of drug-likeness (QED) is 0.705. The Morgan fingerprint density at radius 2 is 1.84 bits per heavy atom. The molecular formula is C17H34N2. The number of hydrogen-bond acceptors (Lipinski definition) is 2. The maximum absolute atomic E-state index is 4.27. The molecule has 1 aliphatic carbocycles. The van der Waals surface area contributed by atoms with Gasteiger partial charge < -0.3 is 5.32 Å². The van der Waals surface area contributed by atoms with Gasteiger partial charge in [-0.1, -0.05) is 33.3 Å². The Kier molecular flexibility index (Phi) is 6.55. The van der Waals surface area contributed by atoms with Gasteiger partial charge in [-0.15, -0.1) is 0 Å². The lowest BCUT2D eigenvalue weighted by Crippen LogP contribution is -2.41. The summed E-state index contributed by atoms with van der Waals surface area (Å²) in [6.45, 7) is 18.7. The molecule has 1 rings (SSSR count). The second-order valence-corrected chi connectivity index (χ2v) is 7.62. The smallest absolute Gasteiger partial charge is 0.0205 e. The zero-order valence-electron chi connectivity index (χ0n) is 13.8. The van der Waals surface area contributed by atoms with E-state index in [1.807, 2.05) is 0 Å². The van der Waals surface area contributed by atoms with Crippen molar-refractivity contribution in [2.45, 2.75) is 71.9 Å². The minimum atomic E-state index is 0.180. The predicted octanol–water partition coefficient (Wildman–Crippen LogP) is 3.83. The molecule has 0 saturated heterocycles. The third kappa shape index (κ3) is 7.12. The van der Waals surface area contributed by atoms with E-state index in [9.17, 15) is 0 Å². The van der Waals surface area contributed by atoms with E-state index in [0.29, 0.717) is 0 Å². The molecule has 0 heterocycles. The maximum Gasteiger partial charge on any atom is 0.0205 e. The van der Waals surface area contributed by atoms with Crippen molar-refractivity contribution in [1.82, 2.24) is 10.2 Å². The van der Waals surface area contributed by atoms with Crippen LogP contribution in [0.3, 0.4) is 0 Å². The van der Waals surface area contributed by atoms with Gasteiger partial charge in [0.1, 0.15) is 0 Å². The molecule has 2 heteroatoms. The SMILES string of the molecule is C=C(CNC(C)(C)C)CN(CC(C)C)C1CCCC1. The first kappa shape index (κ1) is 16.7. The average molecular weight is 266 g/mol. The summed E-state index contributed by atoms with van der Waals surface area (Å²) < 4.78 is 0. The number of nitrogens with zero attached hydrogens (tertiary/aromatic N) is 1. The fraction of sp³-hybridized carbons (Fsp3) is 0.882. The monoisotopic (exact) mass is 266 g/mol. The van der Waals surface area contributed by atoms with E-state index in [-0.39, 0.29) is 5.54 Å². The molecule has 0 bridgehead atoms. The largest absolute Gasteiger partial charge is 0.308 e. The molecule has 1 aliphatic rings. The van der Waals surface area contributed by atoms with Gasteiger partial charge in [-0.3, -0.25) is 4.90 Å². The first-order valence-electron chi connectivity index (χ1n) is 7.93. The normalized spacial score (nSPS) is 17.6. The van der Waals surface area contributed by atoms with Crippen molar-refractivity contribution in [2.24, 2.45) is 5.92 Å². The molecule has 0 radical (unpaired) electrons. The topological polar surface area (TPSA) is 15.3 Å². The van der Waals surface area contributed by atoms with Gasteiger partial charge in [-0.25, -0.2) is 0 Å². The summed E-state index contributed by atoms with van der Waals surface area (Å²) in [7, 11) is 0. The summed E-state index contributed by atoms with van der Waals surface area (Å²) in [6, 6.07) is 0.800. The van der Waals surface area contributed by atoms with Crippen molar-refractivity contribution < 1.29 is 0 Å². The van der Waals surface area contributed by atoms with Crippen LogP contribution in [-0.2, 0) is 0 Å². The summed E-state index contributed by atoms with van der Waals surface area (Å²) in [5, 5.41) is 3.54. The molecule has 0 aliphatic heterocycles. The van der Waals surface area contributed by atoms with E-state index < -0.39 is 0 Å². The van der Waals surface area contributed by atoms with E-state index in [0.717, 1.165) is 25.0 Å². The van der Waals surface area contributed by atoms with Crippen LogP contribution in [0.4, 0.5) is 0 Å². The number of rotatable bonds is 7. The summed E-state index contributed by atoms with van der Waals surface area (Å²) in [6.07, 6.45) is 5.58. The van der Waals surface area contributed by atoms with Gasteiger partial charge in [-0.05, 0) is 45.1 Å². The van der Waals surface area contributed by atoms with Crippen molar-refractivity contribution >= 4 is 0 Å². The summed E-state index contributed by atoms with van der Waals surface area (Å²) in [5.41, 5.74) is 1.50. The number of nitrogens with one attached hydrogen (secondary N) is 1. The maximum atomic E-state index is 4.27. The van der Waals surface area contributed by atoms with Crippen molar-refractivity contribution in [3.8, 4) is 0 Å². The molecule has 0 aromatic carbocycles. The van der Waals surface area contributed by atoms with Crippen molar-refractivity contribution in [1.29, 1.82) is 0 Å².